The van der Waals surface area contributed by atoms with Gasteiger partial charge in [0.15, 0.2) is 18.1 Å². The first kappa shape index (κ1) is 22.9. The van der Waals surface area contributed by atoms with E-state index in [-0.39, 0.29) is 36.0 Å². The summed E-state index contributed by atoms with van der Waals surface area (Å²) in [7, 11) is 1.59. The molecule has 1 aliphatic carbocycles. The molecule has 0 bridgehead atoms. The summed E-state index contributed by atoms with van der Waals surface area (Å²) in [4.78, 5) is 26.9. The highest BCUT2D eigenvalue weighted by Gasteiger charge is 2.43. The van der Waals surface area contributed by atoms with E-state index in [1.165, 1.54) is 19.3 Å². The SMILES string of the molecule is COc1ccccc1OCC(=O)N1CCC2(CCC(CNC(=O)C3CCCCC3)O2)CC1. The van der Waals surface area contributed by atoms with E-state index >= 15 is 0 Å². The lowest BCUT2D eigenvalue weighted by atomic mass is 9.88. The van der Waals surface area contributed by atoms with Crippen molar-refractivity contribution in [3.63, 3.8) is 0 Å². The number of likely N-dealkylation sites (tertiary alicyclic amines) is 1. The molecule has 4 rings (SSSR count). The zero-order chi connectivity index (χ0) is 22.4. The Labute approximate surface area is 190 Å². The first-order valence-corrected chi connectivity index (χ1v) is 12.1. The Bertz CT molecular complexity index is 784. The molecular formula is C25H36N2O5. The van der Waals surface area contributed by atoms with Crippen LogP contribution in [0.3, 0.4) is 0 Å². The zero-order valence-corrected chi connectivity index (χ0v) is 19.1. The normalized spacial score (nSPS) is 23.2. The summed E-state index contributed by atoms with van der Waals surface area (Å²) in [6.07, 6.45) is 9.34. The average Bonchev–Trinajstić information content (AvgIpc) is 3.24. The Balaban J connectivity index is 1.18. The van der Waals surface area contributed by atoms with E-state index in [1.54, 1.807) is 13.2 Å². The van der Waals surface area contributed by atoms with Crippen LogP contribution in [0.4, 0.5) is 0 Å². The quantitative estimate of drug-likeness (QED) is 0.698. The van der Waals surface area contributed by atoms with Crippen LogP contribution in [0.15, 0.2) is 24.3 Å². The summed E-state index contributed by atoms with van der Waals surface area (Å²) in [5.41, 5.74) is -0.152. The van der Waals surface area contributed by atoms with Crippen LogP contribution in [0.1, 0.15) is 57.8 Å². The lowest BCUT2D eigenvalue weighted by Crippen LogP contribution is -2.48. The van der Waals surface area contributed by atoms with Crippen LogP contribution in [0, 0.1) is 5.92 Å². The second-order valence-electron chi connectivity index (χ2n) is 9.36. The molecule has 0 radical (unpaired) electrons. The maximum atomic E-state index is 12.6. The number of amides is 2. The maximum absolute atomic E-state index is 12.6. The Morgan fingerprint density at radius 3 is 2.50 bits per heavy atom. The zero-order valence-electron chi connectivity index (χ0n) is 19.1. The van der Waals surface area contributed by atoms with Crippen molar-refractivity contribution in [3.05, 3.63) is 24.3 Å². The van der Waals surface area contributed by atoms with Crippen LogP contribution >= 0.6 is 0 Å². The van der Waals surface area contributed by atoms with E-state index in [0.29, 0.717) is 31.1 Å². The van der Waals surface area contributed by atoms with Gasteiger partial charge < -0.3 is 24.4 Å². The van der Waals surface area contributed by atoms with Gasteiger partial charge >= 0.3 is 0 Å². The van der Waals surface area contributed by atoms with Crippen LogP contribution in [0.2, 0.25) is 0 Å². The van der Waals surface area contributed by atoms with Gasteiger partial charge in [-0.1, -0.05) is 31.4 Å². The molecule has 1 saturated carbocycles. The van der Waals surface area contributed by atoms with Crippen molar-refractivity contribution in [1.82, 2.24) is 10.2 Å². The molecule has 1 aromatic rings. The summed E-state index contributed by atoms with van der Waals surface area (Å²) < 4.78 is 17.4. The average molecular weight is 445 g/mol. The summed E-state index contributed by atoms with van der Waals surface area (Å²) in [6.45, 7) is 1.96. The van der Waals surface area contributed by atoms with Crippen molar-refractivity contribution in [2.45, 2.75) is 69.5 Å². The van der Waals surface area contributed by atoms with E-state index in [4.69, 9.17) is 14.2 Å². The third-order valence-corrected chi connectivity index (χ3v) is 7.27. The maximum Gasteiger partial charge on any atom is 0.260 e. The van der Waals surface area contributed by atoms with Gasteiger partial charge in [0, 0.05) is 25.6 Å². The molecule has 32 heavy (non-hydrogen) atoms. The number of methoxy groups -OCH3 is 1. The lowest BCUT2D eigenvalue weighted by molar-refractivity contribution is -0.140. The van der Waals surface area contributed by atoms with Crippen molar-refractivity contribution < 1.29 is 23.8 Å². The van der Waals surface area contributed by atoms with Crippen LogP contribution in [0.25, 0.3) is 0 Å². The minimum atomic E-state index is -0.152. The molecule has 176 valence electrons. The van der Waals surface area contributed by atoms with Crippen molar-refractivity contribution in [1.29, 1.82) is 0 Å². The fraction of sp³-hybridized carbons (Fsp3) is 0.680. The first-order valence-electron chi connectivity index (χ1n) is 12.1. The van der Waals surface area contributed by atoms with Crippen LogP contribution in [0.5, 0.6) is 11.5 Å². The monoisotopic (exact) mass is 444 g/mol. The summed E-state index contributed by atoms with van der Waals surface area (Å²) >= 11 is 0. The van der Waals surface area contributed by atoms with E-state index in [1.807, 2.05) is 23.1 Å². The van der Waals surface area contributed by atoms with Crippen LogP contribution in [-0.2, 0) is 14.3 Å². The molecule has 1 spiro atoms. The molecule has 1 N–H and O–H groups in total. The number of benzene rings is 1. The lowest BCUT2D eigenvalue weighted by Gasteiger charge is -2.39. The molecule has 3 fully saturated rings. The second-order valence-corrected chi connectivity index (χ2v) is 9.36. The largest absolute Gasteiger partial charge is 0.493 e. The third kappa shape index (κ3) is 5.55. The van der Waals surface area contributed by atoms with E-state index in [2.05, 4.69) is 5.32 Å². The van der Waals surface area contributed by atoms with Crippen LogP contribution in [-0.4, -0.2) is 61.8 Å². The van der Waals surface area contributed by atoms with Crippen molar-refractivity contribution in [2.24, 2.45) is 5.92 Å². The summed E-state index contributed by atoms with van der Waals surface area (Å²) in [5.74, 6) is 1.57. The molecule has 1 aromatic carbocycles. The smallest absolute Gasteiger partial charge is 0.260 e. The molecule has 2 aliphatic heterocycles. The number of para-hydroxylation sites is 2. The molecule has 0 aromatic heterocycles. The van der Waals surface area contributed by atoms with Gasteiger partial charge in [-0.3, -0.25) is 9.59 Å². The minimum Gasteiger partial charge on any atom is -0.493 e. The van der Waals surface area contributed by atoms with Gasteiger partial charge in [0.2, 0.25) is 5.91 Å². The van der Waals surface area contributed by atoms with E-state index < -0.39 is 0 Å². The highest BCUT2D eigenvalue weighted by Crippen LogP contribution is 2.39. The standard InChI is InChI=1S/C25H36N2O5/c1-30-21-9-5-6-10-22(21)31-18-23(28)27-15-13-25(14-16-27)12-11-20(32-25)17-26-24(29)19-7-3-2-4-8-19/h5-6,9-10,19-20H,2-4,7-8,11-18H2,1H3,(H,26,29). The van der Waals surface area contributed by atoms with Gasteiger partial charge in [-0.25, -0.2) is 0 Å². The molecule has 2 amide bonds. The fourth-order valence-corrected chi connectivity index (χ4v) is 5.26. The van der Waals surface area contributed by atoms with Crippen molar-refractivity contribution >= 4 is 11.8 Å². The fourth-order valence-electron chi connectivity index (χ4n) is 5.26. The number of rotatable bonds is 7. The van der Waals surface area contributed by atoms with Crippen LogP contribution < -0.4 is 14.8 Å². The van der Waals surface area contributed by atoms with Crippen molar-refractivity contribution in [2.75, 3.05) is 33.4 Å². The highest BCUT2D eigenvalue weighted by molar-refractivity contribution is 5.79. The predicted molar refractivity (Wildman–Crippen MR) is 121 cm³/mol. The van der Waals surface area contributed by atoms with E-state index in [9.17, 15) is 9.59 Å². The number of ether oxygens (including phenoxy) is 3. The van der Waals surface area contributed by atoms with Crippen molar-refractivity contribution in [3.8, 4) is 11.5 Å². The topological polar surface area (TPSA) is 77.1 Å². The molecule has 3 aliphatic rings. The molecule has 7 nitrogen and oxygen atoms in total. The molecule has 2 saturated heterocycles. The summed E-state index contributed by atoms with van der Waals surface area (Å²) in [5, 5.41) is 3.13. The molecule has 1 unspecified atom stereocenters. The number of hydrogen-bond donors (Lipinski definition) is 1. The number of carbonyl (C=O) groups is 2. The number of nitrogens with one attached hydrogen (secondary N) is 1. The van der Waals surface area contributed by atoms with Gasteiger partial charge in [0.25, 0.3) is 5.91 Å². The van der Waals surface area contributed by atoms with E-state index in [0.717, 1.165) is 38.5 Å². The molecular weight excluding hydrogens is 408 g/mol. The first-order chi connectivity index (χ1) is 15.6. The third-order valence-electron chi connectivity index (χ3n) is 7.27. The number of nitrogens with zero attached hydrogens (tertiary/aromatic N) is 1. The molecule has 1 atom stereocenters. The molecule has 2 heterocycles. The summed E-state index contributed by atoms with van der Waals surface area (Å²) in [6, 6.07) is 7.35. The van der Waals surface area contributed by atoms with Gasteiger partial charge in [0.05, 0.1) is 18.8 Å². The minimum absolute atomic E-state index is 0.00402. The second kappa shape index (κ2) is 10.6. The Morgan fingerprint density at radius 2 is 1.78 bits per heavy atom. The van der Waals surface area contributed by atoms with Gasteiger partial charge in [0.1, 0.15) is 0 Å². The van der Waals surface area contributed by atoms with Gasteiger partial charge in [-0.15, -0.1) is 0 Å². The van der Waals surface area contributed by atoms with Gasteiger partial charge in [-0.2, -0.15) is 0 Å². The number of piperidine rings is 1. The Kier molecular flexibility index (Phi) is 7.55. The Hall–Kier alpha value is -2.28. The Morgan fingerprint density at radius 1 is 1.06 bits per heavy atom. The molecule has 7 heteroatoms. The van der Waals surface area contributed by atoms with Gasteiger partial charge in [-0.05, 0) is 50.7 Å². The number of carbonyl (C=O) groups excluding carboxylic acids is 2. The predicted octanol–water partition coefficient (Wildman–Crippen LogP) is 3.31. The highest BCUT2D eigenvalue weighted by atomic mass is 16.5. The number of hydrogen-bond acceptors (Lipinski definition) is 5.